The fourth-order valence-electron chi connectivity index (χ4n) is 1.65. The lowest BCUT2D eigenvalue weighted by atomic mass is 10.2. The van der Waals surface area contributed by atoms with Crippen LogP contribution in [0.2, 0.25) is 0 Å². The number of halogens is 3. The van der Waals surface area contributed by atoms with Gasteiger partial charge in [0.15, 0.2) is 0 Å². The maximum Gasteiger partial charge on any atom is 0.573 e. The maximum absolute atomic E-state index is 12.2. The molecule has 0 bridgehead atoms. The number of aryl methyl sites for hydroxylation is 1. The Morgan fingerprint density at radius 2 is 2.05 bits per heavy atom. The van der Waals surface area contributed by atoms with Crippen molar-refractivity contribution in [2.24, 2.45) is 0 Å². The molecule has 1 aromatic heterocycles. The number of rotatable bonds is 4. The average Bonchev–Trinajstić information content (AvgIpc) is 2.70. The third-order valence-corrected chi connectivity index (χ3v) is 3.55. The molecule has 0 saturated heterocycles. The van der Waals surface area contributed by atoms with Gasteiger partial charge in [-0.05, 0) is 19.1 Å². The van der Waals surface area contributed by atoms with Crippen LogP contribution in [-0.2, 0) is 11.3 Å². The molecule has 0 spiro atoms. The number of hydrogen-bond donors (Lipinski definition) is 0. The highest BCUT2D eigenvalue weighted by atomic mass is 32.1. The van der Waals surface area contributed by atoms with E-state index in [-0.39, 0.29) is 5.75 Å². The Labute approximate surface area is 118 Å². The van der Waals surface area contributed by atoms with Gasteiger partial charge in [-0.1, -0.05) is 12.1 Å². The lowest BCUT2D eigenvalue weighted by Gasteiger charge is -2.09. The van der Waals surface area contributed by atoms with E-state index >= 15 is 0 Å². The molecule has 0 radical (unpaired) electrons. The fraction of sp³-hybridized carbons (Fsp3) is 0.308. The number of thiazole rings is 1. The second-order valence-electron chi connectivity index (χ2n) is 4.03. The van der Waals surface area contributed by atoms with Crippen LogP contribution < -0.4 is 4.74 Å². The predicted octanol–water partition coefficient (Wildman–Crippen LogP) is 4.16. The highest BCUT2D eigenvalue weighted by Crippen LogP contribution is 2.31. The second kappa shape index (κ2) is 5.80. The van der Waals surface area contributed by atoms with Crippen molar-refractivity contribution in [2.75, 3.05) is 7.11 Å². The molecule has 0 aliphatic carbocycles. The minimum absolute atomic E-state index is 0.254. The van der Waals surface area contributed by atoms with Gasteiger partial charge in [-0.25, -0.2) is 4.98 Å². The van der Waals surface area contributed by atoms with Crippen molar-refractivity contribution in [1.82, 2.24) is 4.98 Å². The van der Waals surface area contributed by atoms with E-state index in [0.29, 0.717) is 17.2 Å². The Hall–Kier alpha value is -1.60. The lowest BCUT2D eigenvalue weighted by Crippen LogP contribution is -2.17. The van der Waals surface area contributed by atoms with Crippen molar-refractivity contribution in [3.8, 4) is 16.3 Å². The lowest BCUT2D eigenvalue weighted by molar-refractivity contribution is -0.274. The van der Waals surface area contributed by atoms with E-state index in [1.807, 2.05) is 6.92 Å². The monoisotopic (exact) mass is 303 g/mol. The Morgan fingerprint density at radius 1 is 1.30 bits per heavy atom. The van der Waals surface area contributed by atoms with Crippen molar-refractivity contribution < 1.29 is 22.6 Å². The van der Waals surface area contributed by atoms with Crippen molar-refractivity contribution in [3.05, 3.63) is 34.8 Å². The van der Waals surface area contributed by atoms with Crippen LogP contribution in [0.3, 0.4) is 0 Å². The zero-order valence-corrected chi connectivity index (χ0v) is 11.6. The molecular weight excluding hydrogens is 291 g/mol. The first kappa shape index (κ1) is 14.8. The van der Waals surface area contributed by atoms with Crippen molar-refractivity contribution >= 4 is 11.3 Å². The molecule has 20 heavy (non-hydrogen) atoms. The molecule has 0 aliphatic heterocycles. The van der Waals surface area contributed by atoms with E-state index in [1.165, 1.54) is 29.5 Å². The molecule has 2 rings (SSSR count). The first-order chi connectivity index (χ1) is 9.39. The summed E-state index contributed by atoms with van der Waals surface area (Å²) < 4.78 is 45.5. The van der Waals surface area contributed by atoms with Crippen LogP contribution >= 0.6 is 11.3 Å². The van der Waals surface area contributed by atoms with E-state index in [4.69, 9.17) is 4.74 Å². The summed E-state index contributed by atoms with van der Waals surface area (Å²) in [5.74, 6) is -0.254. The smallest absolute Gasteiger partial charge is 0.406 e. The topological polar surface area (TPSA) is 31.4 Å². The van der Waals surface area contributed by atoms with Gasteiger partial charge in [0.05, 0.1) is 12.3 Å². The first-order valence-electron chi connectivity index (χ1n) is 5.70. The minimum Gasteiger partial charge on any atom is -0.406 e. The molecule has 0 aliphatic rings. The number of aromatic nitrogens is 1. The Bertz CT molecular complexity index is 596. The van der Waals surface area contributed by atoms with E-state index < -0.39 is 6.36 Å². The molecule has 0 saturated carbocycles. The molecule has 7 heteroatoms. The summed E-state index contributed by atoms with van der Waals surface area (Å²) >= 11 is 1.41. The van der Waals surface area contributed by atoms with E-state index in [1.54, 1.807) is 13.2 Å². The van der Waals surface area contributed by atoms with E-state index in [0.717, 1.165) is 10.6 Å². The van der Waals surface area contributed by atoms with Gasteiger partial charge in [0.2, 0.25) is 0 Å². The molecule has 0 amide bonds. The van der Waals surface area contributed by atoms with Gasteiger partial charge in [0.1, 0.15) is 10.8 Å². The van der Waals surface area contributed by atoms with Gasteiger partial charge in [0, 0.05) is 17.6 Å². The fourth-order valence-corrected chi connectivity index (χ4v) is 2.56. The van der Waals surface area contributed by atoms with Gasteiger partial charge in [0.25, 0.3) is 0 Å². The van der Waals surface area contributed by atoms with Crippen molar-refractivity contribution in [3.63, 3.8) is 0 Å². The molecule has 108 valence electrons. The molecule has 0 fully saturated rings. The first-order valence-corrected chi connectivity index (χ1v) is 6.52. The molecular formula is C13H12F3NO2S. The summed E-state index contributed by atoms with van der Waals surface area (Å²) in [4.78, 5) is 5.34. The number of nitrogens with zero attached hydrogens (tertiary/aromatic N) is 1. The molecule has 0 atom stereocenters. The minimum atomic E-state index is -4.70. The van der Waals surface area contributed by atoms with Crippen LogP contribution in [0.25, 0.3) is 10.6 Å². The quantitative estimate of drug-likeness (QED) is 0.849. The summed E-state index contributed by atoms with van der Waals surface area (Å²) in [5.41, 5.74) is 1.37. The van der Waals surface area contributed by atoms with Crippen molar-refractivity contribution in [1.29, 1.82) is 0 Å². The number of benzene rings is 1. The van der Waals surface area contributed by atoms with Crippen LogP contribution in [-0.4, -0.2) is 18.5 Å². The normalized spacial score (nSPS) is 11.7. The standard InChI is InChI=1S/C13H12F3NO2S/c1-8-11(7-18-2)17-12(20-8)9-4-3-5-10(6-9)19-13(14,15)16/h3-6H,7H2,1-2H3. The number of methoxy groups -OCH3 is 1. The highest BCUT2D eigenvalue weighted by molar-refractivity contribution is 7.15. The largest absolute Gasteiger partial charge is 0.573 e. The van der Waals surface area contributed by atoms with Crippen LogP contribution in [0.4, 0.5) is 13.2 Å². The zero-order valence-electron chi connectivity index (χ0n) is 10.8. The average molecular weight is 303 g/mol. The Balaban J connectivity index is 2.29. The molecule has 2 aromatic rings. The summed E-state index contributed by atoms with van der Waals surface area (Å²) in [6.07, 6.45) is -4.70. The van der Waals surface area contributed by atoms with Gasteiger partial charge >= 0.3 is 6.36 Å². The maximum atomic E-state index is 12.2. The van der Waals surface area contributed by atoms with Gasteiger partial charge in [-0.3, -0.25) is 0 Å². The Morgan fingerprint density at radius 3 is 2.70 bits per heavy atom. The van der Waals surface area contributed by atoms with Crippen LogP contribution in [0, 0.1) is 6.92 Å². The number of ether oxygens (including phenoxy) is 2. The summed E-state index contributed by atoms with van der Waals surface area (Å²) in [5, 5.41) is 0.641. The molecule has 0 unspecified atom stereocenters. The molecule has 0 N–H and O–H groups in total. The molecule has 1 heterocycles. The SMILES string of the molecule is COCc1nc(-c2cccc(OC(F)(F)F)c2)sc1C. The van der Waals surface area contributed by atoms with Gasteiger partial charge < -0.3 is 9.47 Å². The number of alkyl halides is 3. The predicted molar refractivity (Wildman–Crippen MR) is 69.7 cm³/mol. The summed E-state index contributed by atoms with van der Waals surface area (Å²) in [7, 11) is 1.57. The third-order valence-electron chi connectivity index (χ3n) is 2.49. The third kappa shape index (κ3) is 3.71. The zero-order chi connectivity index (χ0) is 14.8. The summed E-state index contributed by atoms with van der Waals surface area (Å²) in [6, 6.07) is 5.77. The molecule has 1 aromatic carbocycles. The van der Waals surface area contributed by atoms with Crippen LogP contribution in [0.15, 0.2) is 24.3 Å². The number of hydrogen-bond acceptors (Lipinski definition) is 4. The summed E-state index contributed by atoms with van der Waals surface area (Å²) in [6.45, 7) is 2.27. The van der Waals surface area contributed by atoms with Crippen LogP contribution in [0.1, 0.15) is 10.6 Å². The van der Waals surface area contributed by atoms with Gasteiger partial charge in [-0.15, -0.1) is 24.5 Å². The van der Waals surface area contributed by atoms with E-state index in [9.17, 15) is 13.2 Å². The molecule has 3 nitrogen and oxygen atoms in total. The van der Waals surface area contributed by atoms with Gasteiger partial charge in [-0.2, -0.15) is 0 Å². The second-order valence-corrected chi connectivity index (χ2v) is 5.23. The Kier molecular flexibility index (Phi) is 4.29. The van der Waals surface area contributed by atoms with E-state index in [2.05, 4.69) is 9.72 Å². The van der Waals surface area contributed by atoms with Crippen molar-refractivity contribution in [2.45, 2.75) is 19.9 Å². The highest BCUT2D eigenvalue weighted by Gasteiger charge is 2.31. The van der Waals surface area contributed by atoms with Crippen LogP contribution in [0.5, 0.6) is 5.75 Å².